The van der Waals surface area contributed by atoms with Crippen LogP contribution in [0.3, 0.4) is 0 Å². The molecule has 33 heavy (non-hydrogen) atoms. The number of hydrazone groups is 2. The maximum absolute atomic E-state index is 4.93. The summed E-state index contributed by atoms with van der Waals surface area (Å²) in [6, 6.07) is 41.7. The summed E-state index contributed by atoms with van der Waals surface area (Å²) in [5.74, 6) is 0. The van der Waals surface area contributed by atoms with Gasteiger partial charge >= 0.3 is 0 Å². The second kappa shape index (κ2) is 9.96. The lowest BCUT2D eigenvalue weighted by Crippen LogP contribution is -2.20. The molecule has 1 fully saturated rings. The third-order valence-corrected chi connectivity index (χ3v) is 5.82. The van der Waals surface area contributed by atoms with Gasteiger partial charge in [0.05, 0.1) is 12.4 Å². The molecule has 0 aliphatic carbocycles. The standard InChI is InChI=1S/C29H26N4/c1-5-13-24(14-6-1)21-30-32-23-33(31-22-25-15-7-2-8-16-25)29(27-19-11-4-12-20-27)28(32)26-17-9-3-10-18-26/h1-22,28-29H,23H2/b30-21+,31-22+/t28-,29?/m1/s1. The van der Waals surface area contributed by atoms with Crippen molar-refractivity contribution in [1.29, 1.82) is 0 Å². The molecule has 0 saturated carbocycles. The van der Waals surface area contributed by atoms with E-state index in [1.165, 1.54) is 11.1 Å². The number of nitrogens with zero attached hydrogens (tertiary/aromatic N) is 4. The predicted octanol–water partition coefficient (Wildman–Crippen LogP) is 6.11. The smallest absolute Gasteiger partial charge is 0.125 e. The highest BCUT2D eigenvalue weighted by Gasteiger charge is 2.41. The van der Waals surface area contributed by atoms with E-state index in [1.54, 1.807) is 0 Å². The number of hydrogen-bond donors (Lipinski definition) is 0. The first kappa shape index (κ1) is 20.7. The van der Waals surface area contributed by atoms with Crippen LogP contribution in [-0.2, 0) is 0 Å². The molecule has 0 bridgehead atoms. The van der Waals surface area contributed by atoms with Crippen LogP contribution in [0.4, 0.5) is 0 Å². The van der Waals surface area contributed by atoms with Gasteiger partial charge in [-0.25, -0.2) is 0 Å². The van der Waals surface area contributed by atoms with E-state index in [-0.39, 0.29) is 12.1 Å². The molecule has 4 nitrogen and oxygen atoms in total. The van der Waals surface area contributed by atoms with Gasteiger partial charge in [-0.15, -0.1) is 0 Å². The molecule has 162 valence electrons. The van der Waals surface area contributed by atoms with Crippen molar-refractivity contribution in [3.63, 3.8) is 0 Å². The molecule has 1 saturated heterocycles. The van der Waals surface area contributed by atoms with Gasteiger partial charge in [-0.1, -0.05) is 121 Å². The summed E-state index contributed by atoms with van der Waals surface area (Å²) in [6.45, 7) is 0.589. The molecular formula is C29H26N4. The quantitative estimate of drug-likeness (QED) is 0.346. The highest BCUT2D eigenvalue weighted by Crippen LogP contribution is 2.44. The van der Waals surface area contributed by atoms with Gasteiger partial charge in [-0.3, -0.25) is 10.0 Å². The van der Waals surface area contributed by atoms with Crippen LogP contribution in [0, 0.1) is 0 Å². The van der Waals surface area contributed by atoms with Crippen LogP contribution < -0.4 is 0 Å². The first-order chi connectivity index (χ1) is 16.4. The van der Waals surface area contributed by atoms with Crippen molar-refractivity contribution in [1.82, 2.24) is 10.0 Å². The van der Waals surface area contributed by atoms with E-state index in [9.17, 15) is 0 Å². The van der Waals surface area contributed by atoms with E-state index in [0.717, 1.165) is 11.1 Å². The van der Waals surface area contributed by atoms with E-state index in [4.69, 9.17) is 10.2 Å². The average molecular weight is 431 g/mol. The van der Waals surface area contributed by atoms with E-state index >= 15 is 0 Å². The fourth-order valence-electron chi connectivity index (χ4n) is 4.24. The predicted molar refractivity (Wildman–Crippen MR) is 135 cm³/mol. The van der Waals surface area contributed by atoms with Crippen molar-refractivity contribution >= 4 is 12.4 Å². The molecule has 4 heteroatoms. The minimum absolute atomic E-state index is 0.0292. The lowest BCUT2D eigenvalue weighted by molar-refractivity contribution is 0.233. The van der Waals surface area contributed by atoms with Crippen molar-refractivity contribution in [2.45, 2.75) is 12.1 Å². The Labute approximate surface area is 195 Å². The van der Waals surface area contributed by atoms with Crippen LogP contribution >= 0.6 is 0 Å². The summed E-state index contributed by atoms with van der Waals surface area (Å²) >= 11 is 0. The zero-order valence-electron chi connectivity index (χ0n) is 18.4. The molecule has 4 aromatic carbocycles. The number of benzene rings is 4. The molecule has 0 radical (unpaired) electrons. The molecule has 1 aliphatic rings. The van der Waals surface area contributed by atoms with Gasteiger partial charge < -0.3 is 0 Å². The van der Waals surface area contributed by atoms with Crippen LogP contribution in [0.1, 0.15) is 34.3 Å². The lowest BCUT2D eigenvalue weighted by atomic mass is 9.94. The molecule has 1 aliphatic heterocycles. The number of rotatable bonds is 6. The molecule has 5 rings (SSSR count). The first-order valence-electron chi connectivity index (χ1n) is 11.2. The minimum atomic E-state index is 0.0292. The van der Waals surface area contributed by atoms with E-state index in [1.807, 2.05) is 48.8 Å². The Balaban J connectivity index is 1.55. The van der Waals surface area contributed by atoms with Crippen LogP contribution in [0.5, 0.6) is 0 Å². The van der Waals surface area contributed by atoms with E-state index < -0.39 is 0 Å². The molecule has 0 amide bonds. The Morgan fingerprint density at radius 3 is 1.18 bits per heavy atom. The number of hydrogen-bond acceptors (Lipinski definition) is 4. The lowest BCUT2D eigenvalue weighted by Gasteiger charge is -2.26. The summed E-state index contributed by atoms with van der Waals surface area (Å²) < 4.78 is 0. The largest absolute Gasteiger partial charge is 0.266 e. The average Bonchev–Trinajstić information content (AvgIpc) is 3.27. The van der Waals surface area contributed by atoms with Gasteiger partial charge in [0, 0.05) is 0 Å². The molecular weight excluding hydrogens is 404 g/mol. The van der Waals surface area contributed by atoms with Crippen molar-refractivity contribution in [2.24, 2.45) is 10.2 Å². The second-order valence-electron chi connectivity index (χ2n) is 8.04. The highest BCUT2D eigenvalue weighted by atomic mass is 15.7. The summed E-state index contributed by atoms with van der Waals surface area (Å²) in [5.41, 5.74) is 4.58. The van der Waals surface area contributed by atoms with Gasteiger partial charge in [-0.2, -0.15) is 10.2 Å². The van der Waals surface area contributed by atoms with Gasteiger partial charge in [0.15, 0.2) is 0 Å². The fourth-order valence-corrected chi connectivity index (χ4v) is 4.24. The maximum atomic E-state index is 4.93. The maximum Gasteiger partial charge on any atom is 0.125 e. The van der Waals surface area contributed by atoms with Crippen molar-refractivity contribution in [3.05, 3.63) is 144 Å². The Bertz CT molecular complexity index is 1090. The summed E-state index contributed by atoms with van der Waals surface area (Å²) in [6.07, 6.45) is 3.87. The molecule has 1 heterocycles. The summed E-state index contributed by atoms with van der Waals surface area (Å²) in [7, 11) is 0. The Morgan fingerprint density at radius 2 is 0.818 bits per heavy atom. The summed E-state index contributed by atoms with van der Waals surface area (Å²) in [5, 5.41) is 14.1. The van der Waals surface area contributed by atoms with Crippen LogP contribution in [0.15, 0.2) is 132 Å². The van der Waals surface area contributed by atoms with Crippen molar-refractivity contribution < 1.29 is 0 Å². The van der Waals surface area contributed by atoms with Crippen molar-refractivity contribution in [2.75, 3.05) is 6.67 Å². The SMILES string of the molecule is C(=N\N1CN(/N=C/c2ccccc2)[C@H](c2ccccc2)C1c1ccccc1)/c1ccccc1. The van der Waals surface area contributed by atoms with Crippen LogP contribution in [0.25, 0.3) is 0 Å². The second-order valence-corrected chi connectivity index (χ2v) is 8.04. The monoisotopic (exact) mass is 430 g/mol. The molecule has 0 aromatic heterocycles. The Hall–Kier alpha value is -4.18. The zero-order chi connectivity index (χ0) is 22.3. The van der Waals surface area contributed by atoms with Crippen molar-refractivity contribution in [3.8, 4) is 0 Å². The molecule has 1 unspecified atom stereocenters. The molecule has 0 N–H and O–H groups in total. The summed E-state index contributed by atoms with van der Waals surface area (Å²) in [4.78, 5) is 0. The zero-order valence-corrected chi connectivity index (χ0v) is 18.4. The third-order valence-electron chi connectivity index (χ3n) is 5.82. The minimum Gasteiger partial charge on any atom is -0.266 e. The van der Waals surface area contributed by atoms with Crippen LogP contribution in [0.2, 0.25) is 0 Å². The fraction of sp³-hybridized carbons (Fsp3) is 0.103. The van der Waals surface area contributed by atoms with Gasteiger partial charge in [0.2, 0.25) is 0 Å². The Kier molecular flexibility index (Phi) is 6.25. The van der Waals surface area contributed by atoms with Gasteiger partial charge in [0.25, 0.3) is 0 Å². The van der Waals surface area contributed by atoms with Gasteiger partial charge in [0.1, 0.15) is 18.8 Å². The van der Waals surface area contributed by atoms with E-state index in [2.05, 4.69) is 94.9 Å². The molecule has 0 spiro atoms. The first-order valence-corrected chi connectivity index (χ1v) is 11.2. The topological polar surface area (TPSA) is 31.2 Å². The highest BCUT2D eigenvalue weighted by molar-refractivity contribution is 5.79. The van der Waals surface area contributed by atoms with E-state index in [0.29, 0.717) is 6.67 Å². The van der Waals surface area contributed by atoms with Gasteiger partial charge in [-0.05, 0) is 22.3 Å². The normalized spacial score (nSPS) is 18.4. The Morgan fingerprint density at radius 1 is 0.485 bits per heavy atom. The third kappa shape index (κ3) is 4.85. The molecule has 4 aromatic rings. The molecule has 2 atom stereocenters. The van der Waals surface area contributed by atoms with Crippen LogP contribution in [-0.4, -0.2) is 29.1 Å².